The van der Waals surface area contributed by atoms with Crippen LogP contribution in [0.3, 0.4) is 0 Å². The van der Waals surface area contributed by atoms with Gasteiger partial charge in [0.1, 0.15) is 5.84 Å². The van der Waals surface area contributed by atoms with Crippen molar-refractivity contribution in [3.05, 3.63) is 15.6 Å². The number of nitrogens with one attached hydrogen (secondary N) is 1. The predicted octanol–water partition coefficient (Wildman–Crippen LogP) is 3.21. The monoisotopic (exact) mass is 237 g/mol. The largest absolute Gasteiger partial charge is 0.383 e. The number of hydrogen-bond acceptors (Lipinski definition) is 3. The Bertz CT molecular complexity index is 389. The van der Waals surface area contributed by atoms with Crippen LogP contribution in [0.2, 0.25) is 0 Å². The van der Waals surface area contributed by atoms with Crippen LogP contribution in [0.15, 0.2) is 0 Å². The number of aromatic nitrogens is 1. The topological polar surface area (TPSA) is 62.8 Å². The van der Waals surface area contributed by atoms with Crippen LogP contribution in [0.4, 0.5) is 0 Å². The van der Waals surface area contributed by atoms with Crippen LogP contribution in [0.5, 0.6) is 0 Å². The summed E-state index contributed by atoms with van der Waals surface area (Å²) in [5.41, 5.74) is 6.73. The Hall–Kier alpha value is -0.900. The van der Waals surface area contributed by atoms with Gasteiger partial charge in [0.05, 0.1) is 15.6 Å². The third kappa shape index (κ3) is 2.12. The minimum atomic E-state index is 0.191. The molecule has 1 saturated carbocycles. The van der Waals surface area contributed by atoms with E-state index in [0.717, 1.165) is 23.4 Å². The molecule has 1 heterocycles. The number of hydrogen-bond donors (Lipinski definition) is 2. The van der Waals surface area contributed by atoms with Crippen molar-refractivity contribution < 1.29 is 0 Å². The van der Waals surface area contributed by atoms with Crippen molar-refractivity contribution in [2.45, 2.75) is 51.4 Å². The van der Waals surface area contributed by atoms with Gasteiger partial charge in [-0.3, -0.25) is 5.41 Å². The molecular formula is C12H19N3S. The van der Waals surface area contributed by atoms with Gasteiger partial charge in [-0.2, -0.15) is 0 Å². The van der Waals surface area contributed by atoms with Crippen molar-refractivity contribution in [3.8, 4) is 0 Å². The highest BCUT2D eigenvalue weighted by Gasteiger charge is 2.31. The third-order valence-electron chi connectivity index (χ3n) is 3.21. The van der Waals surface area contributed by atoms with Crippen LogP contribution in [0, 0.1) is 5.41 Å². The van der Waals surface area contributed by atoms with Crippen molar-refractivity contribution in [2.75, 3.05) is 0 Å². The molecule has 0 spiro atoms. The molecule has 0 saturated heterocycles. The van der Waals surface area contributed by atoms with Crippen LogP contribution in [-0.2, 0) is 0 Å². The first kappa shape index (κ1) is 11.6. The van der Waals surface area contributed by atoms with E-state index in [0.29, 0.717) is 11.8 Å². The molecule has 1 aromatic rings. The van der Waals surface area contributed by atoms with Gasteiger partial charge in [0.15, 0.2) is 0 Å². The lowest BCUT2D eigenvalue weighted by atomic mass is 10.1. The van der Waals surface area contributed by atoms with E-state index >= 15 is 0 Å². The van der Waals surface area contributed by atoms with E-state index in [4.69, 9.17) is 16.1 Å². The van der Waals surface area contributed by atoms with E-state index in [-0.39, 0.29) is 5.84 Å². The zero-order valence-corrected chi connectivity index (χ0v) is 10.7. The van der Waals surface area contributed by atoms with Crippen molar-refractivity contribution in [2.24, 2.45) is 5.73 Å². The summed E-state index contributed by atoms with van der Waals surface area (Å²) in [4.78, 5) is 5.65. The van der Waals surface area contributed by atoms with Crippen molar-refractivity contribution in [1.82, 2.24) is 4.98 Å². The first-order chi connectivity index (χ1) is 7.67. The van der Waals surface area contributed by atoms with Gasteiger partial charge in [-0.05, 0) is 25.7 Å². The molecule has 0 radical (unpaired) electrons. The molecule has 16 heavy (non-hydrogen) atoms. The van der Waals surface area contributed by atoms with Crippen LogP contribution in [0.25, 0.3) is 0 Å². The second kappa shape index (κ2) is 4.53. The first-order valence-electron chi connectivity index (χ1n) is 6.02. The van der Waals surface area contributed by atoms with Crippen LogP contribution in [-0.4, -0.2) is 10.8 Å². The summed E-state index contributed by atoms with van der Waals surface area (Å²) >= 11 is 1.63. The van der Waals surface area contributed by atoms with Crippen molar-refractivity contribution in [1.29, 1.82) is 5.41 Å². The highest BCUT2D eigenvalue weighted by molar-refractivity contribution is 7.14. The van der Waals surface area contributed by atoms with E-state index < -0.39 is 0 Å². The van der Waals surface area contributed by atoms with Gasteiger partial charge in [-0.25, -0.2) is 4.98 Å². The van der Waals surface area contributed by atoms with E-state index in [1.807, 2.05) is 0 Å². The summed E-state index contributed by atoms with van der Waals surface area (Å²) in [5.74, 6) is 1.31. The Morgan fingerprint density at radius 3 is 2.56 bits per heavy atom. The number of nitrogens with two attached hydrogens (primary N) is 1. The number of nitrogens with zero attached hydrogens (tertiary/aromatic N) is 1. The van der Waals surface area contributed by atoms with Gasteiger partial charge in [0.25, 0.3) is 0 Å². The van der Waals surface area contributed by atoms with Gasteiger partial charge < -0.3 is 5.73 Å². The molecule has 0 aromatic carbocycles. The van der Waals surface area contributed by atoms with E-state index in [2.05, 4.69) is 13.8 Å². The van der Waals surface area contributed by atoms with Gasteiger partial charge in [-0.1, -0.05) is 13.8 Å². The summed E-state index contributed by atoms with van der Waals surface area (Å²) in [6, 6.07) is 0. The molecule has 0 unspecified atom stereocenters. The maximum atomic E-state index is 7.61. The molecule has 0 amide bonds. The molecule has 0 bridgehead atoms. The average molecular weight is 237 g/mol. The third-order valence-corrected chi connectivity index (χ3v) is 4.48. The predicted molar refractivity (Wildman–Crippen MR) is 68.4 cm³/mol. The summed E-state index contributed by atoms with van der Waals surface area (Å²) in [6.45, 7) is 4.39. The lowest BCUT2D eigenvalue weighted by Crippen LogP contribution is -2.11. The molecule has 2 rings (SSSR count). The van der Waals surface area contributed by atoms with Gasteiger partial charge in [0.2, 0.25) is 0 Å². The Kier molecular flexibility index (Phi) is 3.28. The smallest absolute Gasteiger partial charge is 0.135 e. The average Bonchev–Trinajstić information content (AvgIpc) is 3.01. The standard InChI is InChI=1S/C12H19N3S/c1-3-7(4-2)12-15-9(8-5-6-8)10(16-12)11(13)14/h7-8H,3-6H2,1-2H3,(H3,13,14). The van der Waals surface area contributed by atoms with Gasteiger partial charge >= 0.3 is 0 Å². The zero-order chi connectivity index (χ0) is 11.7. The maximum absolute atomic E-state index is 7.61. The van der Waals surface area contributed by atoms with Crippen LogP contribution in [0.1, 0.15) is 66.9 Å². The summed E-state index contributed by atoms with van der Waals surface area (Å²) in [5, 5.41) is 8.79. The van der Waals surface area contributed by atoms with Crippen LogP contribution < -0.4 is 5.73 Å². The maximum Gasteiger partial charge on any atom is 0.135 e. The second-order valence-electron chi connectivity index (χ2n) is 4.47. The Morgan fingerprint density at radius 1 is 1.50 bits per heavy atom. The summed E-state index contributed by atoms with van der Waals surface area (Å²) in [6.07, 6.45) is 4.66. The van der Waals surface area contributed by atoms with E-state index in [1.165, 1.54) is 17.8 Å². The molecule has 1 aromatic heterocycles. The molecule has 4 heteroatoms. The lowest BCUT2D eigenvalue weighted by Gasteiger charge is -2.06. The molecular weight excluding hydrogens is 218 g/mol. The molecule has 88 valence electrons. The van der Waals surface area contributed by atoms with Gasteiger partial charge in [-0.15, -0.1) is 11.3 Å². The SMILES string of the molecule is CCC(CC)c1nc(C2CC2)c(C(=N)N)s1. The van der Waals surface area contributed by atoms with E-state index in [9.17, 15) is 0 Å². The second-order valence-corrected chi connectivity index (χ2v) is 5.50. The quantitative estimate of drug-likeness (QED) is 0.610. The number of rotatable bonds is 5. The minimum Gasteiger partial charge on any atom is -0.383 e. The molecule has 3 N–H and O–H groups in total. The van der Waals surface area contributed by atoms with Crippen molar-refractivity contribution in [3.63, 3.8) is 0 Å². The Labute approximate surface area is 101 Å². The molecule has 0 atom stereocenters. The fraction of sp³-hybridized carbons (Fsp3) is 0.667. The minimum absolute atomic E-state index is 0.191. The number of amidine groups is 1. The molecule has 0 aliphatic heterocycles. The molecule has 1 fully saturated rings. The van der Waals surface area contributed by atoms with Crippen LogP contribution >= 0.6 is 11.3 Å². The Morgan fingerprint density at radius 2 is 2.12 bits per heavy atom. The number of nitrogen functional groups attached to an aromatic ring is 1. The lowest BCUT2D eigenvalue weighted by molar-refractivity contribution is 0.635. The summed E-state index contributed by atoms with van der Waals surface area (Å²) < 4.78 is 0. The highest BCUT2D eigenvalue weighted by Crippen LogP contribution is 2.43. The van der Waals surface area contributed by atoms with Crippen molar-refractivity contribution >= 4 is 17.2 Å². The summed E-state index contributed by atoms with van der Waals surface area (Å²) in [7, 11) is 0. The Balaban J connectivity index is 2.33. The fourth-order valence-electron chi connectivity index (χ4n) is 1.99. The van der Waals surface area contributed by atoms with E-state index in [1.54, 1.807) is 11.3 Å². The van der Waals surface area contributed by atoms with Gasteiger partial charge in [0, 0.05) is 11.8 Å². The molecule has 1 aliphatic rings. The molecule has 3 nitrogen and oxygen atoms in total. The normalized spacial score (nSPS) is 15.7. The fourth-order valence-corrected chi connectivity index (χ4v) is 3.27. The zero-order valence-electron chi connectivity index (χ0n) is 9.92. The first-order valence-corrected chi connectivity index (χ1v) is 6.84. The molecule has 1 aliphatic carbocycles. The highest BCUT2D eigenvalue weighted by atomic mass is 32.1. The number of thiazole rings is 1.